The van der Waals surface area contributed by atoms with Gasteiger partial charge < -0.3 is 15.3 Å². The Morgan fingerprint density at radius 1 is 1.12 bits per heavy atom. The molecule has 0 spiro atoms. The van der Waals surface area contributed by atoms with E-state index in [-0.39, 0.29) is 27.8 Å². The first-order valence-corrected chi connectivity index (χ1v) is 10.9. The Morgan fingerprint density at radius 3 is 2.70 bits per heavy atom. The summed E-state index contributed by atoms with van der Waals surface area (Å²) in [5.74, 6) is 0.766. The number of hydrogen-bond acceptors (Lipinski definition) is 5. The number of anilines is 1. The molecule has 6 nitrogen and oxygen atoms in total. The summed E-state index contributed by atoms with van der Waals surface area (Å²) < 4.78 is 13.2. The Labute approximate surface area is 195 Å². The van der Waals surface area contributed by atoms with Gasteiger partial charge in [-0.25, -0.2) is 14.4 Å². The van der Waals surface area contributed by atoms with Gasteiger partial charge in [0, 0.05) is 34.4 Å². The number of para-hydroxylation sites is 1. The molecule has 5 rings (SSSR count). The summed E-state index contributed by atoms with van der Waals surface area (Å²) in [6.45, 7) is 3.32. The molecule has 3 aromatic carbocycles. The molecule has 1 aliphatic heterocycles. The van der Waals surface area contributed by atoms with Gasteiger partial charge in [0.1, 0.15) is 17.4 Å². The lowest BCUT2D eigenvalue weighted by atomic mass is 10.1. The summed E-state index contributed by atoms with van der Waals surface area (Å²) in [4.78, 5) is 24.3. The summed E-state index contributed by atoms with van der Waals surface area (Å²) in [5.41, 5.74) is 2.89. The van der Waals surface area contributed by atoms with Crippen LogP contribution in [-0.2, 0) is 0 Å². The maximum Gasteiger partial charge on any atom is 0.251 e. The molecule has 1 aromatic heterocycles. The van der Waals surface area contributed by atoms with Gasteiger partial charge in [0.15, 0.2) is 5.82 Å². The smallest absolute Gasteiger partial charge is 0.251 e. The van der Waals surface area contributed by atoms with Gasteiger partial charge in [-0.3, -0.25) is 4.79 Å². The number of benzene rings is 3. The number of aromatic nitrogens is 2. The second-order valence-corrected chi connectivity index (χ2v) is 8.32. The van der Waals surface area contributed by atoms with Crippen LogP contribution in [-0.4, -0.2) is 40.1 Å². The van der Waals surface area contributed by atoms with Crippen molar-refractivity contribution >= 4 is 22.6 Å². The molecule has 1 aliphatic rings. The number of nitrogens with zero attached hydrogens (tertiary/aromatic N) is 3. The van der Waals surface area contributed by atoms with Crippen molar-refractivity contribution in [2.45, 2.75) is 19.4 Å². The molecule has 1 fully saturated rings. The number of rotatable bonds is 4. The van der Waals surface area contributed by atoms with Gasteiger partial charge in [-0.1, -0.05) is 18.2 Å². The van der Waals surface area contributed by atoms with Crippen LogP contribution in [0.3, 0.4) is 0 Å². The summed E-state index contributed by atoms with van der Waals surface area (Å²) in [7, 11) is 0. The molecule has 0 bridgehead atoms. The molecule has 1 amide bonds. The Bertz CT molecular complexity index is 1360. The van der Waals surface area contributed by atoms with Crippen LogP contribution in [0.25, 0.3) is 22.3 Å². The number of aromatic hydroxyl groups is 1. The predicted molar refractivity (Wildman–Crippen MR) is 132 cm³/mol. The minimum absolute atomic E-state index is 0. The summed E-state index contributed by atoms with van der Waals surface area (Å²) in [6.07, 6.45) is 0.760. The second-order valence-electron chi connectivity index (χ2n) is 8.32. The third-order valence-electron chi connectivity index (χ3n) is 5.91. The van der Waals surface area contributed by atoms with Crippen LogP contribution in [0.2, 0.25) is 0 Å². The number of fused-ring (bicyclic) bond motifs is 1. The van der Waals surface area contributed by atoms with Crippen molar-refractivity contribution in [3.8, 4) is 17.1 Å². The van der Waals surface area contributed by atoms with E-state index in [1.165, 1.54) is 24.3 Å². The van der Waals surface area contributed by atoms with Gasteiger partial charge in [0.25, 0.3) is 5.91 Å². The lowest BCUT2D eigenvalue weighted by Crippen LogP contribution is -2.37. The van der Waals surface area contributed by atoms with Gasteiger partial charge in [0.05, 0.1) is 11.1 Å². The van der Waals surface area contributed by atoms with Crippen molar-refractivity contribution in [2.24, 2.45) is 0 Å². The van der Waals surface area contributed by atoms with Gasteiger partial charge in [-0.15, -0.1) is 0 Å². The zero-order valence-corrected chi connectivity index (χ0v) is 18.1. The third-order valence-corrected chi connectivity index (χ3v) is 5.91. The van der Waals surface area contributed by atoms with Gasteiger partial charge in [-0.05, 0) is 67.4 Å². The number of carbonyl (C=O) groups is 1. The van der Waals surface area contributed by atoms with E-state index < -0.39 is 0 Å². The zero-order chi connectivity index (χ0) is 22.9. The fourth-order valence-corrected chi connectivity index (χ4v) is 4.19. The van der Waals surface area contributed by atoms with E-state index in [1.54, 1.807) is 18.2 Å². The Hall–Kier alpha value is -4.00. The van der Waals surface area contributed by atoms with Gasteiger partial charge >= 0.3 is 0 Å². The molecule has 0 radical (unpaired) electrons. The van der Waals surface area contributed by atoms with Crippen LogP contribution >= 0.6 is 0 Å². The molecular formula is C26H29FN4O2. The highest BCUT2D eigenvalue weighted by atomic mass is 19.1. The van der Waals surface area contributed by atoms with E-state index in [2.05, 4.69) is 10.2 Å². The number of aryl methyl sites for hydroxylation is 1. The second kappa shape index (κ2) is 8.50. The maximum atomic E-state index is 13.2. The number of phenolic OH excluding ortho intramolecular Hbond substituents is 1. The molecule has 0 unspecified atom stereocenters. The quantitative estimate of drug-likeness (QED) is 0.449. The van der Waals surface area contributed by atoms with Crippen molar-refractivity contribution in [2.75, 3.05) is 18.0 Å². The van der Waals surface area contributed by atoms with Crippen LogP contribution in [0.1, 0.15) is 26.6 Å². The fraction of sp³-hybridized carbons (Fsp3) is 0.192. The molecule has 1 saturated heterocycles. The molecule has 7 heteroatoms. The average Bonchev–Trinajstić information content (AvgIpc) is 3.27. The van der Waals surface area contributed by atoms with E-state index in [9.17, 15) is 14.3 Å². The molecule has 33 heavy (non-hydrogen) atoms. The molecule has 2 heterocycles. The minimum Gasteiger partial charge on any atom is -0.507 e. The minimum atomic E-state index is -0.371. The number of amides is 1. The van der Waals surface area contributed by atoms with E-state index in [1.807, 2.05) is 31.2 Å². The lowest BCUT2D eigenvalue weighted by molar-refractivity contribution is 0.0940. The van der Waals surface area contributed by atoms with Gasteiger partial charge in [-0.2, -0.15) is 0 Å². The predicted octanol–water partition coefficient (Wildman–Crippen LogP) is 5.20. The summed E-state index contributed by atoms with van der Waals surface area (Å²) in [6, 6.07) is 18.5. The molecule has 0 saturated carbocycles. The van der Waals surface area contributed by atoms with Gasteiger partial charge in [0.2, 0.25) is 0 Å². The lowest BCUT2D eigenvalue weighted by Gasteiger charge is -2.21. The van der Waals surface area contributed by atoms with E-state index in [0.717, 1.165) is 28.7 Å². The van der Waals surface area contributed by atoms with E-state index in [4.69, 9.17) is 9.97 Å². The standard InChI is InChI=1S/C26H23FN4O2.3H2/c1-16-6-11-20-22(14-16)29-24(21-4-2-3-5-23(21)32)30-25(20)31-13-12-19(15-31)28-26(33)17-7-9-18(27)10-8-17;;;/h2-11,14,19,32H,12-13,15H2,1H3,(H,28,33);3*1H/t19-;;;/m1.../s1. The first kappa shape index (κ1) is 20.9. The highest BCUT2D eigenvalue weighted by Crippen LogP contribution is 2.33. The number of nitrogens with one attached hydrogen (secondary N) is 1. The van der Waals surface area contributed by atoms with Crippen LogP contribution in [0.4, 0.5) is 10.2 Å². The Balaban J connectivity index is 0.00000152. The number of carbonyl (C=O) groups excluding carboxylic acids is 1. The molecule has 0 aliphatic carbocycles. The fourth-order valence-electron chi connectivity index (χ4n) is 4.19. The molecule has 172 valence electrons. The van der Waals surface area contributed by atoms with Crippen molar-refractivity contribution in [3.63, 3.8) is 0 Å². The van der Waals surface area contributed by atoms with Crippen LogP contribution in [0, 0.1) is 12.7 Å². The summed E-state index contributed by atoms with van der Waals surface area (Å²) >= 11 is 0. The van der Waals surface area contributed by atoms with Crippen molar-refractivity contribution in [1.82, 2.24) is 15.3 Å². The Kier molecular flexibility index (Phi) is 5.38. The largest absolute Gasteiger partial charge is 0.507 e. The zero-order valence-electron chi connectivity index (χ0n) is 18.1. The molecule has 2 N–H and O–H groups in total. The monoisotopic (exact) mass is 448 g/mol. The first-order valence-electron chi connectivity index (χ1n) is 10.9. The molecule has 1 atom stereocenters. The van der Waals surface area contributed by atoms with Crippen LogP contribution in [0.5, 0.6) is 5.75 Å². The molecular weight excluding hydrogens is 419 g/mol. The normalized spacial score (nSPS) is 15.7. The van der Waals surface area contributed by atoms with Crippen molar-refractivity contribution in [3.05, 3.63) is 83.7 Å². The van der Waals surface area contributed by atoms with Crippen LogP contribution < -0.4 is 10.2 Å². The maximum absolute atomic E-state index is 13.2. The highest BCUT2D eigenvalue weighted by Gasteiger charge is 2.27. The van der Waals surface area contributed by atoms with Crippen LogP contribution in [0.15, 0.2) is 66.7 Å². The number of phenols is 1. The summed E-state index contributed by atoms with van der Waals surface area (Å²) in [5, 5.41) is 14.3. The van der Waals surface area contributed by atoms with E-state index >= 15 is 0 Å². The van der Waals surface area contributed by atoms with Crippen molar-refractivity contribution < 1.29 is 18.6 Å². The third kappa shape index (κ3) is 4.22. The van der Waals surface area contributed by atoms with Crippen molar-refractivity contribution in [1.29, 1.82) is 0 Å². The number of hydrogen-bond donors (Lipinski definition) is 2. The highest BCUT2D eigenvalue weighted by molar-refractivity contribution is 5.95. The van der Waals surface area contributed by atoms with E-state index in [0.29, 0.717) is 30.0 Å². The topological polar surface area (TPSA) is 78.4 Å². The Morgan fingerprint density at radius 2 is 1.91 bits per heavy atom. The average molecular weight is 449 g/mol. The number of halogens is 1. The molecule has 4 aromatic rings. The first-order chi connectivity index (χ1) is 16.0. The SMILES string of the molecule is Cc1ccc2c(N3CC[C@@H](NC(=O)c4ccc(F)cc4)C3)nc(-c3ccccc3O)nc2c1.[HH].[HH].[HH].